The monoisotopic (exact) mass is 384 g/mol. The van der Waals surface area contributed by atoms with Gasteiger partial charge >= 0.3 is 0 Å². The summed E-state index contributed by atoms with van der Waals surface area (Å²) in [4.78, 5) is 0. The van der Waals surface area contributed by atoms with Crippen LogP contribution in [-0.4, -0.2) is 42.4 Å². The van der Waals surface area contributed by atoms with Crippen LogP contribution in [0.4, 0.5) is 0 Å². The maximum Gasteiger partial charge on any atom is 0.186 e. The van der Waals surface area contributed by atoms with Gasteiger partial charge in [0.25, 0.3) is 0 Å². The molecular weight excluding hydrogens is 356 g/mol. The van der Waals surface area contributed by atoms with Crippen LogP contribution in [0, 0.1) is 0 Å². The number of aliphatic hydroxyl groups is 1. The molecule has 1 saturated heterocycles. The van der Waals surface area contributed by atoms with Crippen molar-refractivity contribution in [2.45, 2.75) is 50.8 Å². The predicted molar refractivity (Wildman–Crippen MR) is 107 cm³/mol. The van der Waals surface area contributed by atoms with Gasteiger partial charge in [-0.05, 0) is 18.1 Å². The van der Waals surface area contributed by atoms with Gasteiger partial charge in [0.1, 0.15) is 18.3 Å². The van der Waals surface area contributed by atoms with Crippen molar-refractivity contribution in [2.75, 3.05) is 6.61 Å². The highest BCUT2D eigenvalue weighted by Crippen LogP contribution is 2.28. The maximum atomic E-state index is 10.8. The van der Waals surface area contributed by atoms with Gasteiger partial charge in [0.15, 0.2) is 6.29 Å². The first-order chi connectivity index (χ1) is 13.7. The number of rotatable bonds is 9. The van der Waals surface area contributed by atoms with Gasteiger partial charge < -0.3 is 24.1 Å². The normalized spacial score (nSPS) is 27.4. The Bertz CT molecular complexity index is 705. The Balaban J connectivity index is 1.70. The lowest BCUT2D eigenvalue weighted by Gasteiger charge is -2.43. The zero-order valence-electron chi connectivity index (χ0n) is 16.1. The molecule has 0 bridgehead atoms. The quantitative estimate of drug-likeness (QED) is 0.671. The molecule has 0 aliphatic carbocycles. The highest BCUT2D eigenvalue weighted by atomic mass is 16.7. The van der Waals surface area contributed by atoms with E-state index in [9.17, 15) is 5.11 Å². The largest absolute Gasteiger partial charge is 0.385 e. The van der Waals surface area contributed by atoms with Gasteiger partial charge in [0, 0.05) is 0 Å². The van der Waals surface area contributed by atoms with Crippen molar-refractivity contribution in [3.8, 4) is 0 Å². The predicted octanol–water partition coefficient (Wildman–Crippen LogP) is 3.47. The fourth-order valence-electron chi connectivity index (χ4n) is 3.24. The summed E-state index contributed by atoms with van der Waals surface area (Å²) in [7, 11) is 0. The van der Waals surface area contributed by atoms with Crippen LogP contribution < -0.4 is 0 Å². The standard InChI is InChI=1S/C23H28O5/c1-3-14-25-23-20(24)22(27-16-19-12-8-5-9-13-19)21(17(2)28-23)26-15-18-10-6-4-7-11-18/h3-13,17,20-24H,1,14-16H2,2H3/t17-,20+,21-,22-,23+/m0/s1. The molecule has 1 fully saturated rings. The number of ether oxygens (including phenoxy) is 4. The zero-order chi connectivity index (χ0) is 19.8. The molecule has 0 saturated carbocycles. The minimum Gasteiger partial charge on any atom is -0.385 e. The van der Waals surface area contributed by atoms with Crippen LogP contribution in [0.3, 0.4) is 0 Å². The van der Waals surface area contributed by atoms with E-state index in [0.29, 0.717) is 13.2 Å². The summed E-state index contributed by atoms with van der Waals surface area (Å²) >= 11 is 0. The molecule has 0 amide bonds. The van der Waals surface area contributed by atoms with Crippen LogP contribution in [0.15, 0.2) is 73.3 Å². The van der Waals surface area contributed by atoms with Crippen molar-refractivity contribution in [1.29, 1.82) is 0 Å². The van der Waals surface area contributed by atoms with E-state index in [2.05, 4.69) is 6.58 Å². The summed E-state index contributed by atoms with van der Waals surface area (Å²) in [5.41, 5.74) is 2.08. The number of hydrogen-bond acceptors (Lipinski definition) is 5. The Morgan fingerprint density at radius 2 is 1.43 bits per heavy atom. The SMILES string of the molecule is C=CCO[C@@H]1O[C@@H](C)[C@H](OCc2ccccc2)[C@@H](OCc2ccccc2)[C@H]1O. The molecule has 1 heterocycles. The molecule has 28 heavy (non-hydrogen) atoms. The highest BCUT2D eigenvalue weighted by molar-refractivity contribution is 5.14. The van der Waals surface area contributed by atoms with E-state index in [1.807, 2.05) is 67.6 Å². The average molecular weight is 384 g/mol. The Morgan fingerprint density at radius 1 is 0.893 bits per heavy atom. The Labute approximate surface area is 166 Å². The third-order valence-corrected chi connectivity index (χ3v) is 4.70. The van der Waals surface area contributed by atoms with E-state index < -0.39 is 24.6 Å². The molecule has 150 valence electrons. The average Bonchev–Trinajstić information content (AvgIpc) is 2.73. The van der Waals surface area contributed by atoms with Crippen molar-refractivity contribution < 1.29 is 24.1 Å². The van der Waals surface area contributed by atoms with Gasteiger partial charge in [-0.1, -0.05) is 66.7 Å². The van der Waals surface area contributed by atoms with Crippen LogP contribution in [0.2, 0.25) is 0 Å². The van der Waals surface area contributed by atoms with E-state index in [0.717, 1.165) is 11.1 Å². The molecule has 5 atom stereocenters. The Morgan fingerprint density at radius 3 is 1.96 bits per heavy atom. The zero-order valence-corrected chi connectivity index (χ0v) is 16.1. The topological polar surface area (TPSA) is 57.2 Å². The molecule has 1 aliphatic rings. The van der Waals surface area contributed by atoms with Crippen molar-refractivity contribution in [3.05, 3.63) is 84.4 Å². The molecule has 0 spiro atoms. The van der Waals surface area contributed by atoms with E-state index >= 15 is 0 Å². The second kappa shape index (κ2) is 10.5. The van der Waals surface area contributed by atoms with E-state index in [-0.39, 0.29) is 12.7 Å². The molecule has 1 aliphatic heterocycles. The van der Waals surface area contributed by atoms with Crippen molar-refractivity contribution in [3.63, 3.8) is 0 Å². The summed E-state index contributed by atoms with van der Waals surface area (Å²) in [5, 5.41) is 10.8. The molecule has 0 unspecified atom stereocenters. The van der Waals surface area contributed by atoms with Gasteiger partial charge in [-0.25, -0.2) is 0 Å². The van der Waals surface area contributed by atoms with Crippen LogP contribution in [-0.2, 0) is 32.2 Å². The number of hydrogen-bond donors (Lipinski definition) is 1. The molecule has 5 nitrogen and oxygen atoms in total. The molecule has 5 heteroatoms. The second-order valence-electron chi connectivity index (χ2n) is 6.84. The van der Waals surface area contributed by atoms with E-state index in [1.165, 1.54) is 0 Å². The molecule has 0 aromatic heterocycles. The summed E-state index contributed by atoms with van der Waals surface area (Å²) in [6.07, 6.45) is -1.45. The molecular formula is C23H28O5. The molecule has 3 rings (SSSR count). The van der Waals surface area contributed by atoms with Crippen molar-refractivity contribution >= 4 is 0 Å². The van der Waals surface area contributed by atoms with Gasteiger partial charge in [0.05, 0.1) is 25.9 Å². The Kier molecular flexibility index (Phi) is 7.77. The van der Waals surface area contributed by atoms with Crippen molar-refractivity contribution in [1.82, 2.24) is 0 Å². The first kappa shape index (κ1) is 20.7. The summed E-state index contributed by atoms with van der Waals surface area (Å²) in [5.74, 6) is 0. The smallest absolute Gasteiger partial charge is 0.186 e. The lowest BCUT2D eigenvalue weighted by atomic mass is 9.99. The van der Waals surface area contributed by atoms with E-state index in [1.54, 1.807) is 6.08 Å². The lowest BCUT2D eigenvalue weighted by molar-refractivity contribution is -0.307. The summed E-state index contributed by atoms with van der Waals surface area (Å²) < 4.78 is 23.7. The van der Waals surface area contributed by atoms with Crippen LogP contribution >= 0.6 is 0 Å². The third-order valence-electron chi connectivity index (χ3n) is 4.70. The minimum absolute atomic E-state index is 0.287. The van der Waals surface area contributed by atoms with Gasteiger partial charge in [-0.3, -0.25) is 0 Å². The Hall–Kier alpha value is -2.02. The van der Waals surface area contributed by atoms with Gasteiger partial charge in [0.2, 0.25) is 0 Å². The lowest BCUT2D eigenvalue weighted by Crippen LogP contribution is -2.59. The van der Waals surface area contributed by atoms with Crippen LogP contribution in [0.25, 0.3) is 0 Å². The maximum absolute atomic E-state index is 10.8. The highest BCUT2D eigenvalue weighted by Gasteiger charge is 2.45. The summed E-state index contributed by atoms with van der Waals surface area (Å²) in [6, 6.07) is 19.8. The minimum atomic E-state index is -0.972. The van der Waals surface area contributed by atoms with Gasteiger partial charge in [-0.2, -0.15) is 0 Å². The molecule has 1 N–H and O–H groups in total. The first-order valence-corrected chi connectivity index (χ1v) is 9.56. The molecule has 2 aromatic rings. The van der Waals surface area contributed by atoms with Gasteiger partial charge in [-0.15, -0.1) is 6.58 Å². The van der Waals surface area contributed by atoms with Crippen LogP contribution in [0.5, 0.6) is 0 Å². The van der Waals surface area contributed by atoms with Crippen LogP contribution in [0.1, 0.15) is 18.1 Å². The fraction of sp³-hybridized carbons (Fsp3) is 0.391. The number of aliphatic hydroxyl groups excluding tert-OH is 1. The second-order valence-corrected chi connectivity index (χ2v) is 6.84. The van der Waals surface area contributed by atoms with Crippen molar-refractivity contribution in [2.24, 2.45) is 0 Å². The number of benzene rings is 2. The molecule has 2 aromatic carbocycles. The fourth-order valence-corrected chi connectivity index (χ4v) is 3.24. The third kappa shape index (κ3) is 5.50. The first-order valence-electron chi connectivity index (χ1n) is 9.56. The summed E-state index contributed by atoms with van der Waals surface area (Å²) in [6.45, 7) is 6.62. The van der Waals surface area contributed by atoms with E-state index in [4.69, 9.17) is 18.9 Å². The molecule has 0 radical (unpaired) electrons.